The number of nitrogens with one attached hydrogen (secondary N) is 2. The van der Waals surface area contributed by atoms with E-state index in [2.05, 4.69) is 20.4 Å². The number of carbonyl (C=O) groups is 1. The molecular weight excluding hydrogens is 306 g/mol. The Morgan fingerprint density at radius 1 is 1.29 bits per heavy atom. The van der Waals surface area contributed by atoms with E-state index in [1.807, 2.05) is 38.1 Å². The molecule has 134 valence electrons. The largest absolute Gasteiger partial charge is 0.489 e. The number of unbranched alkanes of at least 4 members (excludes halogenated alkanes) is 1. The molecule has 6 nitrogen and oxygen atoms in total. The zero-order chi connectivity index (χ0) is 17.8. The van der Waals surface area contributed by atoms with Crippen molar-refractivity contribution in [2.75, 3.05) is 27.2 Å². The van der Waals surface area contributed by atoms with Crippen molar-refractivity contribution in [2.45, 2.75) is 39.2 Å². The molecule has 1 rings (SSSR count). The number of hydrogen-bond acceptors (Lipinski definition) is 4. The summed E-state index contributed by atoms with van der Waals surface area (Å²) in [5.74, 6) is 1.43. The van der Waals surface area contributed by atoms with Crippen LogP contribution in [0.25, 0.3) is 0 Å². The van der Waals surface area contributed by atoms with Crippen LogP contribution in [0.2, 0.25) is 0 Å². The lowest BCUT2D eigenvalue weighted by Gasteiger charge is -2.18. The fraction of sp³-hybridized carbons (Fsp3) is 0.556. The first-order valence-electron chi connectivity index (χ1n) is 8.29. The number of rotatable bonds is 9. The lowest BCUT2D eigenvalue weighted by atomic mass is 10.2. The molecule has 0 spiro atoms. The number of aryl methyl sites for hydroxylation is 1. The number of guanidine groups is 1. The Kier molecular flexibility index (Phi) is 9.34. The van der Waals surface area contributed by atoms with Crippen LogP contribution in [0.15, 0.2) is 29.3 Å². The van der Waals surface area contributed by atoms with E-state index in [0.717, 1.165) is 31.1 Å². The lowest BCUT2D eigenvalue weighted by molar-refractivity contribution is -0.140. The van der Waals surface area contributed by atoms with Gasteiger partial charge >= 0.3 is 5.97 Å². The van der Waals surface area contributed by atoms with Gasteiger partial charge in [-0.25, -0.2) is 0 Å². The van der Waals surface area contributed by atoms with Gasteiger partial charge in [-0.1, -0.05) is 12.1 Å². The minimum absolute atomic E-state index is 0.0182. The van der Waals surface area contributed by atoms with Gasteiger partial charge in [-0.05, 0) is 44.4 Å². The van der Waals surface area contributed by atoms with Gasteiger partial charge in [0.05, 0.1) is 13.7 Å². The third-order valence-electron chi connectivity index (χ3n) is 3.44. The number of nitrogens with zero attached hydrogens (tertiary/aromatic N) is 1. The van der Waals surface area contributed by atoms with E-state index in [1.165, 1.54) is 12.7 Å². The van der Waals surface area contributed by atoms with Gasteiger partial charge in [0.2, 0.25) is 0 Å². The van der Waals surface area contributed by atoms with E-state index in [4.69, 9.17) is 4.74 Å². The van der Waals surface area contributed by atoms with Crippen LogP contribution < -0.4 is 15.4 Å². The minimum Gasteiger partial charge on any atom is -0.489 e. The van der Waals surface area contributed by atoms with Crippen LogP contribution in [0.3, 0.4) is 0 Å². The molecule has 0 saturated heterocycles. The van der Waals surface area contributed by atoms with Crippen LogP contribution in [0, 0.1) is 6.92 Å². The molecule has 0 amide bonds. The first-order valence-corrected chi connectivity index (χ1v) is 8.29. The fourth-order valence-corrected chi connectivity index (χ4v) is 2.13. The van der Waals surface area contributed by atoms with E-state index in [9.17, 15) is 4.79 Å². The van der Waals surface area contributed by atoms with Crippen LogP contribution >= 0.6 is 0 Å². The summed E-state index contributed by atoms with van der Waals surface area (Å²) in [4.78, 5) is 15.2. The van der Waals surface area contributed by atoms with E-state index in [1.54, 1.807) is 7.05 Å². The summed E-state index contributed by atoms with van der Waals surface area (Å²) in [5.41, 5.74) is 1.18. The number of esters is 1. The average Bonchev–Trinajstić information content (AvgIpc) is 2.57. The van der Waals surface area contributed by atoms with Crippen molar-refractivity contribution in [2.24, 2.45) is 4.99 Å². The maximum atomic E-state index is 11.0. The van der Waals surface area contributed by atoms with Gasteiger partial charge in [-0.15, -0.1) is 0 Å². The molecular formula is C18H29N3O3. The highest BCUT2D eigenvalue weighted by atomic mass is 16.5. The van der Waals surface area contributed by atoms with Crippen LogP contribution in [0.1, 0.15) is 31.7 Å². The van der Waals surface area contributed by atoms with E-state index < -0.39 is 0 Å². The number of methoxy groups -OCH3 is 1. The number of ether oxygens (including phenoxy) is 2. The summed E-state index contributed by atoms with van der Waals surface area (Å²) in [5, 5.41) is 6.46. The van der Waals surface area contributed by atoms with Crippen molar-refractivity contribution < 1.29 is 14.3 Å². The van der Waals surface area contributed by atoms with Crippen molar-refractivity contribution in [3.05, 3.63) is 29.8 Å². The van der Waals surface area contributed by atoms with Crippen LogP contribution in [-0.4, -0.2) is 45.3 Å². The molecule has 1 unspecified atom stereocenters. The third kappa shape index (κ3) is 8.41. The second-order valence-electron chi connectivity index (χ2n) is 5.66. The quantitative estimate of drug-likeness (QED) is 0.313. The highest BCUT2D eigenvalue weighted by Gasteiger charge is 2.06. The molecule has 0 fully saturated rings. The van der Waals surface area contributed by atoms with Gasteiger partial charge < -0.3 is 20.1 Å². The second kappa shape index (κ2) is 11.3. The normalized spacial score (nSPS) is 12.4. The van der Waals surface area contributed by atoms with Crippen LogP contribution in [0.5, 0.6) is 5.75 Å². The van der Waals surface area contributed by atoms with Gasteiger partial charge in [-0.2, -0.15) is 0 Å². The number of hydrogen-bond donors (Lipinski definition) is 2. The molecule has 2 N–H and O–H groups in total. The van der Waals surface area contributed by atoms with Gasteiger partial charge in [0.25, 0.3) is 0 Å². The highest BCUT2D eigenvalue weighted by Crippen LogP contribution is 2.13. The van der Waals surface area contributed by atoms with E-state index in [-0.39, 0.29) is 12.1 Å². The molecule has 0 aliphatic rings. The average molecular weight is 335 g/mol. The van der Waals surface area contributed by atoms with Crippen LogP contribution in [0.4, 0.5) is 0 Å². The Morgan fingerprint density at radius 3 is 2.75 bits per heavy atom. The predicted molar refractivity (Wildman–Crippen MR) is 96.5 cm³/mol. The van der Waals surface area contributed by atoms with Crippen LogP contribution in [-0.2, 0) is 9.53 Å². The first-order chi connectivity index (χ1) is 11.5. The zero-order valence-electron chi connectivity index (χ0n) is 15.1. The molecule has 0 heterocycles. The van der Waals surface area contributed by atoms with Crippen molar-refractivity contribution in [3.63, 3.8) is 0 Å². The predicted octanol–water partition coefficient (Wildman–Crippen LogP) is 2.27. The second-order valence-corrected chi connectivity index (χ2v) is 5.66. The lowest BCUT2D eigenvalue weighted by Crippen LogP contribution is -2.42. The number of benzene rings is 1. The summed E-state index contributed by atoms with van der Waals surface area (Å²) < 4.78 is 10.5. The van der Waals surface area contributed by atoms with E-state index in [0.29, 0.717) is 13.0 Å². The fourth-order valence-electron chi connectivity index (χ4n) is 2.13. The Balaban J connectivity index is 2.22. The SMILES string of the molecule is CN=C(NCCCCC(=O)OC)NCC(C)Oc1cccc(C)c1. The molecule has 1 aromatic rings. The van der Waals surface area contributed by atoms with Crippen molar-refractivity contribution in [1.82, 2.24) is 10.6 Å². The maximum absolute atomic E-state index is 11.0. The first kappa shape index (κ1) is 19.8. The number of aliphatic imine (C=N–C) groups is 1. The van der Waals surface area contributed by atoms with Crippen molar-refractivity contribution in [3.8, 4) is 5.75 Å². The molecule has 24 heavy (non-hydrogen) atoms. The molecule has 0 aliphatic heterocycles. The Hall–Kier alpha value is -2.24. The standard InChI is InChI=1S/C18H29N3O3/c1-14-8-7-9-16(12-14)24-15(2)13-21-18(19-3)20-11-6-5-10-17(22)23-4/h7-9,12,15H,5-6,10-11,13H2,1-4H3,(H2,19,20,21). The Labute approximate surface area is 144 Å². The molecule has 6 heteroatoms. The van der Waals surface area contributed by atoms with Crippen molar-refractivity contribution >= 4 is 11.9 Å². The van der Waals surface area contributed by atoms with Crippen molar-refractivity contribution in [1.29, 1.82) is 0 Å². The molecule has 0 bridgehead atoms. The molecule has 0 saturated carbocycles. The Bertz CT molecular complexity index is 532. The summed E-state index contributed by atoms with van der Waals surface area (Å²) in [6.07, 6.45) is 2.14. The van der Waals surface area contributed by atoms with Gasteiger partial charge in [-0.3, -0.25) is 9.79 Å². The smallest absolute Gasteiger partial charge is 0.305 e. The summed E-state index contributed by atoms with van der Waals surface area (Å²) in [7, 11) is 3.14. The molecule has 0 aliphatic carbocycles. The summed E-state index contributed by atoms with van der Waals surface area (Å²) in [6, 6.07) is 8.00. The highest BCUT2D eigenvalue weighted by molar-refractivity contribution is 5.79. The maximum Gasteiger partial charge on any atom is 0.305 e. The third-order valence-corrected chi connectivity index (χ3v) is 3.44. The minimum atomic E-state index is -0.167. The monoisotopic (exact) mass is 335 g/mol. The Morgan fingerprint density at radius 2 is 2.08 bits per heavy atom. The van der Waals surface area contributed by atoms with E-state index >= 15 is 0 Å². The van der Waals surface area contributed by atoms with Gasteiger partial charge in [0, 0.05) is 20.0 Å². The number of carbonyl (C=O) groups excluding carboxylic acids is 1. The van der Waals surface area contributed by atoms with Gasteiger partial charge in [0.1, 0.15) is 11.9 Å². The summed E-state index contributed by atoms with van der Waals surface area (Å²) >= 11 is 0. The zero-order valence-corrected chi connectivity index (χ0v) is 15.1. The van der Waals surface area contributed by atoms with Gasteiger partial charge in [0.15, 0.2) is 5.96 Å². The molecule has 0 radical (unpaired) electrons. The molecule has 1 aromatic carbocycles. The molecule has 1 atom stereocenters. The summed E-state index contributed by atoms with van der Waals surface area (Å²) in [6.45, 7) is 5.46. The topological polar surface area (TPSA) is 72.0 Å². The molecule has 0 aromatic heterocycles.